The number of methoxy groups -OCH3 is 1. The summed E-state index contributed by atoms with van der Waals surface area (Å²) in [6, 6.07) is 0.282. The van der Waals surface area contributed by atoms with E-state index in [4.69, 9.17) is 16.4 Å². The van der Waals surface area contributed by atoms with Crippen molar-refractivity contribution in [1.29, 1.82) is 0 Å². The molecule has 0 bridgehead atoms. The second-order valence-corrected chi connectivity index (χ2v) is 4.52. The molecule has 1 heterocycles. The van der Waals surface area contributed by atoms with Gasteiger partial charge in [-0.05, 0) is 12.8 Å². The van der Waals surface area contributed by atoms with Gasteiger partial charge in [-0.15, -0.1) is 0 Å². The number of nitro groups is 1. The normalized spacial score (nSPS) is 15.3. The van der Waals surface area contributed by atoms with Gasteiger partial charge in [0.2, 0.25) is 5.15 Å². The van der Waals surface area contributed by atoms with Crippen molar-refractivity contribution in [1.82, 2.24) is 9.78 Å². The van der Waals surface area contributed by atoms with Crippen molar-refractivity contribution in [2.45, 2.75) is 38.1 Å². The van der Waals surface area contributed by atoms with Crippen LogP contribution in [0.3, 0.4) is 0 Å². The van der Waals surface area contributed by atoms with E-state index in [0.29, 0.717) is 6.47 Å². The van der Waals surface area contributed by atoms with Crippen molar-refractivity contribution in [3.8, 4) is 0 Å². The number of carbonyl (C=O) groups is 1. The van der Waals surface area contributed by atoms with Crippen LogP contribution in [0.4, 0.5) is 5.69 Å². The Morgan fingerprint density at radius 1 is 1.53 bits per heavy atom. The summed E-state index contributed by atoms with van der Waals surface area (Å²) in [7, 11) is 1.31. The highest BCUT2D eigenvalue weighted by atomic mass is 35.5. The first-order valence-corrected chi connectivity index (χ1v) is 6.33. The maximum Gasteiger partial charge on any atom is 0.325 e. The fourth-order valence-electron chi connectivity index (χ4n) is 2.02. The molecule has 7 nitrogen and oxygen atoms in total. The highest BCUT2D eigenvalue weighted by Crippen LogP contribution is 2.31. The zero-order chi connectivity index (χ0) is 14.3. The Kier molecular flexibility index (Phi) is 6.27. The fourth-order valence-corrected chi connectivity index (χ4v) is 2.22. The molecule has 1 saturated carbocycles. The Hall–Kier alpha value is -1.63. The lowest BCUT2D eigenvalue weighted by Gasteiger charge is -2.21. The van der Waals surface area contributed by atoms with Crippen LogP contribution < -0.4 is 0 Å². The van der Waals surface area contributed by atoms with Crippen LogP contribution in [0.5, 0.6) is 0 Å². The number of aromatic nitrogens is 2. The molecule has 1 aromatic rings. The number of halogens is 1. The SMILES string of the molecule is COC=O.O=[N+]([O-])c1cn(C2CCCCC2)nc1Cl. The van der Waals surface area contributed by atoms with E-state index in [9.17, 15) is 10.1 Å². The van der Waals surface area contributed by atoms with Crippen LogP contribution in [0.15, 0.2) is 6.20 Å². The van der Waals surface area contributed by atoms with Gasteiger partial charge < -0.3 is 4.74 Å². The van der Waals surface area contributed by atoms with Gasteiger partial charge in [-0.3, -0.25) is 19.6 Å². The molecule has 1 aliphatic rings. The van der Waals surface area contributed by atoms with Gasteiger partial charge in [0.05, 0.1) is 18.1 Å². The first-order chi connectivity index (χ1) is 9.10. The van der Waals surface area contributed by atoms with Crippen LogP contribution in [0.2, 0.25) is 5.15 Å². The third kappa shape index (κ3) is 4.51. The topological polar surface area (TPSA) is 87.3 Å². The number of carbonyl (C=O) groups excluding carboxylic acids is 1. The second kappa shape index (κ2) is 7.73. The van der Waals surface area contributed by atoms with Crippen LogP contribution in [-0.2, 0) is 9.53 Å². The van der Waals surface area contributed by atoms with Gasteiger partial charge in [0.25, 0.3) is 6.47 Å². The van der Waals surface area contributed by atoms with Gasteiger partial charge in [-0.2, -0.15) is 5.10 Å². The van der Waals surface area contributed by atoms with Gasteiger partial charge >= 0.3 is 5.69 Å². The number of hydrogen-bond donors (Lipinski definition) is 0. The molecule has 2 rings (SSSR count). The molecule has 0 aromatic carbocycles. The minimum atomic E-state index is -0.491. The van der Waals surface area contributed by atoms with E-state index in [-0.39, 0.29) is 16.9 Å². The molecule has 0 amide bonds. The van der Waals surface area contributed by atoms with Crippen molar-refractivity contribution in [2.75, 3.05) is 7.11 Å². The van der Waals surface area contributed by atoms with Crippen LogP contribution >= 0.6 is 11.6 Å². The lowest BCUT2D eigenvalue weighted by atomic mass is 9.96. The van der Waals surface area contributed by atoms with E-state index in [2.05, 4.69) is 9.84 Å². The average Bonchev–Trinajstić information content (AvgIpc) is 2.82. The molecule has 0 atom stereocenters. The summed E-state index contributed by atoms with van der Waals surface area (Å²) in [6.45, 7) is 0.375. The van der Waals surface area contributed by atoms with Crippen LogP contribution in [-0.4, -0.2) is 28.3 Å². The molecule has 0 N–H and O–H groups in total. The average molecular weight is 290 g/mol. The summed E-state index contributed by atoms with van der Waals surface area (Å²) in [4.78, 5) is 19.0. The minimum Gasteiger partial charge on any atom is -0.471 e. The molecular formula is C11H16ClN3O4. The van der Waals surface area contributed by atoms with Crippen molar-refractivity contribution in [2.24, 2.45) is 0 Å². The lowest BCUT2D eigenvalue weighted by molar-refractivity contribution is -0.384. The number of hydrogen-bond acceptors (Lipinski definition) is 5. The quantitative estimate of drug-likeness (QED) is 0.485. The second-order valence-electron chi connectivity index (χ2n) is 4.17. The zero-order valence-corrected chi connectivity index (χ0v) is 11.4. The predicted octanol–water partition coefficient (Wildman–Crippen LogP) is 2.74. The van der Waals surface area contributed by atoms with Crippen molar-refractivity contribution in [3.05, 3.63) is 21.5 Å². The Morgan fingerprint density at radius 3 is 2.53 bits per heavy atom. The minimum absolute atomic E-state index is 0.00873. The number of rotatable bonds is 3. The molecule has 8 heteroatoms. The Labute approximate surface area is 115 Å². The van der Waals surface area contributed by atoms with Gasteiger partial charge in [-0.25, -0.2) is 0 Å². The third-order valence-electron chi connectivity index (χ3n) is 2.91. The fraction of sp³-hybridized carbons (Fsp3) is 0.636. The van der Waals surface area contributed by atoms with Gasteiger partial charge in [0.15, 0.2) is 0 Å². The third-order valence-corrected chi connectivity index (χ3v) is 3.18. The van der Waals surface area contributed by atoms with E-state index < -0.39 is 4.92 Å². The van der Waals surface area contributed by atoms with E-state index in [1.54, 1.807) is 4.68 Å². The van der Waals surface area contributed by atoms with Crippen molar-refractivity contribution in [3.63, 3.8) is 0 Å². The molecule has 106 valence electrons. The van der Waals surface area contributed by atoms with Crippen molar-refractivity contribution < 1.29 is 14.5 Å². The highest BCUT2D eigenvalue weighted by molar-refractivity contribution is 6.31. The zero-order valence-electron chi connectivity index (χ0n) is 10.6. The maximum atomic E-state index is 10.6. The maximum absolute atomic E-state index is 10.6. The van der Waals surface area contributed by atoms with Gasteiger partial charge in [0.1, 0.15) is 6.20 Å². The van der Waals surface area contributed by atoms with Crippen LogP contribution in [0.1, 0.15) is 38.1 Å². The smallest absolute Gasteiger partial charge is 0.325 e. The van der Waals surface area contributed by atoms with E-state index in [0.717, 1.165) is 25.7 Å². The molecule has 0 saturated heterocycles. The summed E-state index contributed by atoms with van der Waals surface area (Å²) in [5.74, 6) is 0. The summed E-state index contributed by atoms with van der Waals surface area (Å²) in [5, 5.41) is 14.6. The number of ether oxygens (including phenoxy) is 1. The Morgan fingerprint density at radius 2 is 2.11 bits per heavy atom. The molecule has 0 spiro atoms. The van der Waals surface area contributed by atoms with Crippen LogP contribution in [0.25, 0.3) is 0 Å². The Balaban J connectivity index is 0.000000399. The van der Waals surface area contributed by atoms with Gasteiger partial charge in [-0.1, -0.05) is 30.9 Å². The lowest BCUT2D eigenvalue weighted by Crippen LogP contribution is -2.13. The standard InChI is InChI=1S/C9H12ClN3O2.C2H4O2/c10-9-8(13(14)15)6-12(11-9)7-4-2-1-3-5-7;1-4-2-3/h6-7H,1-5H2;2H,1H3. The summed E-state index contributed by atoms with van der Waals surface area (Å²) < 4.78 is 5.51. The first-order valence-electron chi connectivity index (χ1n) is 5.95. The summed E-state index contributed by atoms with van der Waals surface area (Å²) in [5.41, 5.74) is -0.0951. The van der Waals surface area contributed by atoms with E-state index in [1.165, 1.54) is 19.7 Å². The molecule has 1 aliphatic carbocycles. The molecule has 1 fully saturated rings. The van der Waals surface area contributed by atoms with E-state index >= 15 is 0 Å². The largest absolute Gasteiger partial charge is 0.471 e. The van der Waals surface area contributed by atoms with Gasteiger partial charge in [0, 0.05) is 0 Å². The molecule has 0 aliphatic heterocycles. The highest BCUT2D eigenvalue weighted by Gasteiger charge is 2.22. The first kappa shape index (κ1) is 15.4. The van der Waals surface area contributed by atoms with E-state index in [1.807, 2.05) is 0 Å². The predicted molar refractivity (Wildman–Crippen MR) is 69.1 cm³/mol. The molecule has 0 unspecified atom stereocenters. The summed E-state index contributed by atoms with van der Waals surface area (Å²) in [6.07, 6.45) is 7.09. The summed E-state index contributed by atoms with van der Waals surface area (Å²) >= 11 is 5.69. The Bertz CT molecular complexity index is 430. The molecule has 19 heavy (non-hydrogen) atoms. The monoisotopic (exact) mass is 289 g/mol. The van der Waals surface area contributed by atoms with Crippen LogP contribution in [0, 0.1) is 10.1 Å². The molecule has 0 radical (unpaired) electrons. The molecule has 1 aromatic heterocycles. The number of nitrogens with zero attached hydrogens (tertiary/aromatic N) is 3. The van der Waals surface area contributed by atoms with Crippen molar-refractivity contribution >= 4 is 23.8 Å². The molecular weight excluding hydrogens is 274 g/mol.